The molecule has 0 bridgehead atoms. The molecule has 1 aromatic carbocycles. The van der Waals surface area contributed by atoms with Gasteiger partial charge in [-0.05, 0) is 37.6 Å². The summed E-state index contributed by atoms with van der Waals surface area (Å²) in [6.45, 7) is 7.98. The summed E-state index contributed by atoms with van der Waals surface area (Å²) in [6.07, 6.45) is 1.84. The number of hydrogen-bond acceptors (Lipinski definition) is 4. The van der Waals surface area contributed by atoms with Gasteiger partial charge in [0.05, 0.1) is 11.5 Å². The fraction of sp³-hybridized carbons (Fsp3) is 0.611. The van der Waals surface area contributed by atoms with Crippen LogP contribution in [-0.2, 0) is 14.8 Å². The van der Waals surface area contributed by atoms with E-state index in [9.17, 15) is 13.2 Å². The lowest BCUT2D eigenvalue weighted by atomic mass is 10.0. The highest BCUT2D eigenvalue weighted by Crippen LogP contribution is 2.21. The Morgan fingerprint density at radius 3 is 2.24 bits per heavy atom. The Hall–Kier alpha value is -1.60. The van der Waals surface area contributed by atoms with Crippen molar-refractivity contribution in [1.82, 2.24) is 9.21 Å². The first-order valence-electron chi connectivity index (χ1n) is 8.92. The van der Waals surface area contributed by atoms with Gasteiger partial charge in [-0.1, -0.05) is 20.3 Å². The molecule has 6 nitrogen and oxygen atoms in total. The number of nitrogens with zero attached hydrogens (tertiary/aromatic N) is 2. The number of sulfonamides is 1. The average molecular weight is 368 g/mol. The fourth-order valence-electron chi connectivity index (χ4n) is 3.04. The van der Waals surface area contributed by atoms with Crippen molar-refractivity contribution in [3.05, 3.63) is 24.3 Å². The molecular weight excluding hydrogens is 340 g/mol. The predicted octanol–water partition coefficient (Wildman–Crippen LogP) is 2.35. The molecule has 25 heavy (non-hydrogen) atoms. The minimum Gasteiger partial charge on any atom is -0.494 e. The Kier molecular flexibility index (Phi) is 6.84. The van der Waals surface area contributed by atoms with Crippen molar-refractivity contribution in [2.24, 2.45) is 5.92 Å². The summed E-state index contributed by atoms with van der Waals surface area (Å²) in [4.78, 5) is 14.4. The smallest absolute Gasteiger partial charge is 0.243 e. The number of rotatable bonds is 7. The number of hydrogen-bond donors (Lipinski definition) is 0. The van der Waals surface area contributed by atoms with Crippen molar-refractivity contribution in [3.63, 3.8) is 0 Å². The minimum atomic E-state index is -3.53. The average Bonchev–Trinajstić information content (AvgIpc) is 2.62. The van der Waals surface area contributed by atoms with Gasteiger partial charge < -0.3 is 9.64 Å². The second-order valence-corrected chi connectivity index (χ2v) is 8.26. The fourth-order valence-corrected chi connectivity index (χ4v) is 4.46. The molecule has 1 aromatic rings. The molecule has 0 spiro atoms. The topological polar surface area (TPSA) is 66.9 Å². The van der Waals surface area contributed by atoms with E-state index in [0.717, 1.165) is 12.8 Å². The quantitative estimate of drug-likeness (QED) is 0.741. The molecule has 1 fully saturated rings. The van der Waals surface area contributed by atoms with E-state index in [2.05, 4.69) is 6.92 Å². The molecule has 1 amide bonds. The SMILES string of the molecule is CCCC(C)C(=O)N1CCN(S(=O)(=O)c2ccc(OCC)cc2)CC1. The molecule has 1 saturated heterocycles. The standard InChI is InChI=1S/C18H28N2O4S/c1-4-6-15(3)18(21)19-11-13-20(14-12-19)25(22,23)17-9-7-16(8-10-17)24-5-2/h7-10,15H,4-6,11-14H2,1-3H3. The number of benzene rings is 1. The number of amides is 1. The van der Waals surface area contributed by atoms with Crippen molar-refractivity contribution in [1.29, 1.82) is 0 Å². The highest BCUT2D eigenvalue weighted by molar-refractivity contribution is 7.89. The van der Waals surface area contributed by atoms with Gasteiger partial charge in [-0.3, -0.25) is 4.79 Å². The maximum atomic E-state index is 12.8. The van der Waals surface area contributed by atoms with Gasteiger partial charge >= 0.3 is 0 Å². The van der Waals surface area contributed by atoms with Crippen molar-refractivity contribution >= 4 is 15.9 Å². The van der Waals surface area contributed by atoms with Crippen LogP contribution in [0.4, 0.5) is 0 Å². The third-order valence-corrected chi connectivity index (χ3v) is 6.38. The second-order valence-electron chi connectivity index (χ2n) is 6.32. The van der Waals surface area contributed by atoms with E-state index in [4.69, 9.17) is 4.74 Å². The molecule has 0 radical (unpaired) electrons. The monoisotopic (exact) mass is 368 g/mol. The van der Waals surface area contributed by atoms with Gasteiger partial charge in [-0.25, -0.2) is 8.42 Å². The molecule has 1 heterocycles. The molecule has 140 valence electrons. The third-order valence-electron chi connectivity index (χ3n) is 4.47. The van der Waals surface area contributed by atoms with E-state index >= 15 is 0 Å². The normalized spacial score (nSPS) is 17.3. The van der Waals surface area contributed by atoms with Crippen LogP contribution < -0.4 is 4.74 Å². The summed E-state index contributed by atoms with van der Waals surface area (Å²) >= 11 is 0. The number of piperazine rings is 1. The first-order valence-corrected chi connectivity index (χ1v) is 10.4. The van der Waals surface area contributed by atoms with Gasteiger partial charge in [0.15, 0.2) is 0 Å². The molecule has 1 aliphatic heterocycles. The van der Waals surface area contributed by atoms with Crippen molar-refractivity contribution in [3.8, 4) is 5.75 Å². The Morgan fingerprint density at radius 2 is 1.72 bits per heavy atom. The van der Waals surface area contributed by atoms with Gasteiger partial charge in [0.25, 0.3) is 0 Å². The van der Waals surface area contributed by atoms with Gasteiger partial charge in [0.1, 0.15) is 5.75 Å². The summed E-state index contributed by atoms with van der Waals surface area (Å²) in [7, 11) is -3.53. The maximum absolute atomic E-state index is 12.8. The van der Waals surface area contributed by atoms with E-state index in [0.29, 0.717) is 38.5 Å². The van der Waals surface area contributed by atoms with Crippen LogP contribution in [-0.4, -0.2) is 56.3 Å². The molecule has 7 heteroatoms. The molecule has 1 atom stereocenters. The molecule has 1 unspecified atom stereocenters. The highest BCUT2D eigenvalue weighted by atomic mass is 32.2. The predicted molar refractivity (Wildman–Crippen MR) is 97.0 cm³/mol. The van der Waals surface area contributed by atoms with Gasteiger partial charge in [-0.2, -0.15) is 4.31 Å². The first kappa shape index (κ1) is 19.7. The van der Waals surface area contributed by atoms with Gasteiger partial charge in [-0.15, -0.1) is 0 Å². The number of ether oxygens (including phenoxy) is 1. The summed E-state index contributed by atoms with van der Waals surface area (Å²) in [5.74, 6) is 0.779. The van der Waals surface area contributed by atoms with Crippen LogP contribution in [0.1, 0.15) is 33.6 Å². The lowest BCUT2D eigenvalue weighted by Gasteiger charge is -2.35. The van der Waals surface area contributed by atoms with Gasteiger partial charge in [0.2, 0.25) is 15.9 Å². The van der Waals surface area contributed by atoms with E-state index < -0.39 is 10.0 Å². The first-order chi connectivity index (χ1) is 11.9. The van der Waals surface area contributed by atoms with E-state index in [-0.39, 0.29) is 16.7 Å². The zero-order valence-electron chi connectivity index (χ0n) is 15.3. The Bertz CT molecular complexity index is 665. The Balaban J connectivity index is 2.00. The number of carbonyl (C=O) groups is 1. The molecular formula is C18H28N2O4S. The molecule has 0 aromatic heterocycles. The molecule has 0 aliphatic carbocycles. The van der Waals surface area contributed by atoms with Crippen LogP contribution in [0.2, 0.25) is 0 Å². The largest absolute Gasteiger partial charge is 0.494 e. The summed E-state index contributed by atoms with van der Waals surface area (Å²) in [5, 5.41) is 0. The van der Waals surface area contributed by atoms with Gasteiger partial charge in [0, 0.05) is 32.1 Å². The molecule has 1 aliphatic rings. The van der Waals surface area contributed by atoms with E-state index in [1.54, 1.807) is 29.2 Å². The van der Waals surface area contributed by atoms with E-state index in [1.807, 2.05) is 13.8 Å². The lowest BCUT2D eigenvalue weighted by molar-refractivity contribution is -0.136. The van der Waals surface area contributed by atoms with Crippen LogP contribution in [0.15, 0.2) is 29.2 Å². The van der Waals surface area contributed by atoms with Crippen molar-refractivity contribution in [2.45, 2.75) is 38.5 Å². The third kappa shape index (κ3) is 4.73. The van der Waals surface area contributed by atoms with E-state index in [1.165, 1.54) is 4.31 Å². The molecule has 2 rings (SSSR count). The van der Waals surface area contributed by atoms with Crippen molar-refractivity contribution < 1.29 is 17.9 Å². The highest BCUT2D eigenvalue weighted by Gasteiger charge is 2.31. The Morgan fingerprint density at radius 1 is 1.12 bits per heavy atom. The molecule has 0 N–H and O–H groups in total. The number of carbonyl (C=O) groups excluding carboxylic acids is 1. The van der Waals surface area contributed by atoms with Crippen LogP contribution in [0.5, 0.6) is 5.75 Å². The van der Waals surface area contributed by atoms with Crippen LogP contribution in [0.25, 0.3) is 0 Å². The van der Waals surface area contributed by atoms with Crippen molar-refractivity contribution in [2.75, 3.05) is 32.8 Å². The maximum Gasteiger partial charge on any atom is 0.243 e. The lowest BCUT2D eigenvalue weighted by Crippen LogP contribution is -2.51. The summed E-state index contributed by atoms with van der Waals surface area (Å²) in [6, 6.07) is 6.48. The zero-order valence-corrected chi connectivity index (χ0v) is 16.1. The summed E-state index contributed by atoms with van der Waals surface area (Å²) < 4.78 is 32.3. The minimum absolute atomic E-state index is 0.000679. The van der Waals surface area contributed by atoms with Crippen LogP contribution in [0, 0.1) is 5.92 Å². The molecule has 0 saturated carbocycles. The zero-order chi connectivity index (χ0) is 18.4. The summed E-state index contributed by atoms with van der Waals surface area (Å²) in [5.41, 5.74) is 0. The second kappa shape index (κ2) is 8.67. The van der Waals surface area contributed by atoms with Crippen LogP contribution >= 0.6 is 0 Å². The van der Waals surface area contributed by atoms with Crippen LogP contribution in [0.3, 0.4) is 0 Å². The Labute approximate surface area is 150 Å².